The van der Waals surface area contributed by atoms with E-state index in [1.54, 1.807) is 28.4 Å². The molecule has 0 saturated carbocycles. The molecule has 0 radical (unpaired) electrons. The summed E-state index contributed by atoms with van der Waals surface area (Å²) >= 11 is 0. The van der Waals surface area contributed by atoms with Crippen LogP contribution in [0.2, 0.25) is 0 Å². The van der Waals surface area contributed by atoms with Crippen LogP contribution in [-0.2, 0) is 13.1 Å². The molecule has 2 rings (SSSR count). The fourth-order valence-electron chi connectivity index (χ4n) is 3.01. The summed E-state index contributed by atoms with van der Waals surface area (Å²) in [4.78, 5) is 6.45. The minimum Gasteiger partial charge on any atom is -0.494 e. The Balaban J connectivity index is 2.04. The van der Waals surface area contributed by atoms with Gasteiger partial charge in [0.05, 0.1) is 27.9 Å². The van der Waals surface area contributed by atoms with E-state index in [4.69, 9.17) is 18.9 Å². The Hall–Kier alpha value is -3.09. The van der Waals surface area contributed by atoms with E-state index in [0.29, 0.717) is 30.4 Å². The summed E-state index contributed by atoms with van der Waals surface area (Å²) in [5.41, 5.74) is 2.17. The zero-order chi connectivity index (χ0) is 21.2. The molecule has 0 spiro atoms. The molecule has 7 nitrogen and oxygen atoms in total. The summed E-state index contributed by atoms with van der Waals surface area (Å²) in [6.45, 7) is 3.93. The molecule has 0 aliphatic carbocycles. The van der Waals surface area contributed by atoms with Crippen molar-refractivity contribution >= 4 is 5.96 Å². The van der Waals surface area contributed by atoms with Crippen molar-refractivity contribution < 1.29 is 18.9 Å². The molecule has 2 aromatic carbocycles. The standard InChI is InChI=1S/C22H31N3O4/c1-7-29-18-10-8-16(9-11-18)15-25(3)22(23-2)24-14-17-12-19(26-4)21(28-6)20(13-17)27-5/h8-13H,7,14-15H2,1-6H3,(H,23,24). The van der Waals surface area contributed by atoms with Gasteiger partial charge in [0, 0.05) is 27.2 Å². The Bertz CT molecular complexity index is 781. The number of methoxy groups -OCH3 is 3. The molecule has 7 heteroatoms. The first-order valence-electron chi connectivity index (χ1n) is 9.48. The van der Waals surface area contributed by atoms with E-state index in [9.17, 15) is 0 Å². The van der Waals surface area contributed by atoms with E-state index in [1.807, 2.05) is 38.2 Å². The summed E-state index contributed by atoms with van der Waals surface area (Å²) in [5.74, 6) is 3.50. The third-order valence-electron chi connectivity index (χ3n) is 4.40. The molecule has 1 N–H and O–H groups in total. The van der Waals surface area contributed by atoms with Crippen LogP contribution in [0.1, 0.15) is 18.1 Å². The van der Waals surface area contributed by atoms with Crippen LogP contribution in [0.5, 0.6) is 23.0 Å². The van der Waals surface area contributed by atoms with E-state index in [0.717, 1.165) is 23.8 Å². The molecule has 0 aromatic heterocycles. The molecule has 0 amide bonds. The van der Waals surface area contributed by atoms with Crippen LogP contribution in [0.15, 0.2) is 41.4 Å². The van der Waals surface area contributed by atoms with Crippen molar-refractivity contribution in [3.05, 3.63) is 47.5 Å². The molecule has 0 fully saturated rings. The number of hydrogen-bond acceptors (Lipinski definition) is 5. The summed E-state index contributed by atoms with van der Waals surface area (Å²) in [7, 11) is 8.58. The van der Waals surface area contributed by atoms with Crippen LogP contribution < -0.4 is 24.3 Å². The zero-order valence-electron chi connectivity index (χ0n) is 18.1. The van der Waals surface area contributed by atoms with Gasteiger partial charge in [-0.3, -0.25) is 4.99 Å². The van der Waals surface area contributed by atoms with Gasteiger partial charge in [-0.2, -0.15) is 0 Å². The van der Waals surface area contributed by atoms with E-state index >= 15 is 0 Å². The van der Waals surface area contributed by atoms with Crippen LogP contribution in [0, 0.1) is 0 Å². The van der Waals surface area contributed by atoms with Crippen molar-refractivity contribution in [3.63, 3.8) is 0 Å². The van der Waals surface area contributed by atoms with Gasteiger partial charge in [-0.25, -0.2) is 0 Å². The van der Waals surface area contributed by atoms with Gasteiger partial charge in [-0.05, 0) is 42.3 Å². The molecule has 29 heavy (non-hydrogen) atoms. The van der Waals surface area contributed by atoms with Gasteiger partial charge in [-0.15, -0.1) is 0 Å². The van der Waals surface area contributed by atoms with Crippen LogP contribution in [0.4, 0.5) is 0 Å². The van der Waals surface area contributed by atoms with Crippen molar-refractivity contribution in [2.75, 3.05) is 42.0 Å². The Labute approximate surface area is 173 Å². The number of guanidine groups is 1. The molecule has 0 aliphatic heterocycles. The Kier molecular flexibility index (Phi) is 8.45. The molecule has 0 heterocycles. The molecular weight excluding hydrogens is 370 g/mol. The maximum Gasteiger partial charge on any atom is 0.203 e. The fraction of sp³-hybridized carbons (Fsp3) is 0.409. The summed E-state index contributed by atoms with van der Waals surface area (Å²) in [6.07, 6.45) is 0. The van der Waals surface area contributed by atoms with Crippen LogP contribution in [0.3, 0.4) is 0 Å². The number of rotatable bonds is 9. The highest BCUT2D eigenvalue weighted by atomic mass is 16.5. The van der Waals surface area contributed by atoms with E-state index < -0.39 is 0 Å². The second-order valence-electron chi connectivity index (χ2n) is 6.37. The second-order valence-corrected chi connectivity index (χ2v) is 6.37. The molecule has 2 aromatic rings. The zero-order valence-corrected chi connectivity index (χ0v) is 18.1. The predicted octanol–water partition coefficient (Wildman–Crippen LogP) is 3.32. The quantitative estimate of drug-likeness (QED) is 0.514. The van der Waals surface area contributed by atoms with Gasteiger partial charge < -0.3 is 29.2 Å². The van der Waals surface area contributed by atoms with Gasteiger partial charge in [-0.1, -0.05) is 12.1 Å². The number of aliphatic imine (C=N–C) groups is 1. The van der Waals surface area contributed by atoms with Crippen molar-refractivity contribution in [2.24, 2.45) is 4.99 Å². The second kappa shape index (κ2) is 11.0. The SMILES string of the molecule is CCOc1ccc(CN(C)C(=NC)NCc2cc(OC)c(OC)c(OC)c2)cc1. The minimum atomic E-state index is 0.566. The number of ether oxygens (including phenoxy) is 4. The van der Waals surface area contributed by atoms with Crippen LogP contribution in [0.25, 0.3) is 0 Å². The van der Waals surface area contributed by atoms with Crippen molar-refractivity contribution in [1.29, 1.82) is 0 Å². The highest BCUT2D eigenvalue weighted by Gasteiger charge is 2.14. The lowest BCUT2D eigenvalue weighted by molar-refractivity contribution is 0.323. The molecule has 0 unspecified atom stereocenters. The predicted molar refractivity (Wildman–Crippen MR) is 115 cm³/mol. The molecule has 158 valence electrons. The van der Waals surface area contributed by atoms with Crippen molar-refractivity contribution in [1.82, 2.24) is 10.2 Å². The first-order chi connectivity index (χ1) is 14.1. The van der Waals surface area contributed by atoms with E-state index in [1.165, 1.54) is 5.56 Å². The summed E-state index contributed by atoms with van der Waals surface area (Å²) < 4.78 is 21.7. The normalized spacial score (nSPS) is 11.0. The van der Waals surface area contributed by atoms with E-state index in [-0.39, 0.29) is 0 Å². The molecular formula is C22H31N3O4. The first kappa shape index (κ1) is 22.2. The van der Waals surface area contributed by atoms with Crippen molar-refractivity contribution in [3.8, 4) is 23.0 Å². The van der Waals surface area contributed by atoms with Gasteiger partial charge in [0.1, 0.15) is 5.75 Å². The number of nitrogens with one attached hydrogen (secondary N) is 1. The minimum absolute atomic E-state index is 0.566. The highest BCUT2D eigenvalue weighted by Crippen LogP contribution is 2.38. The summed E-state index contributed by atoms with van der Waals surface area (Å²) in [6, 6.07) is 11.9. The third kappa shape index (κ3) is 5.94. The molecule has 0 atom stereocenters. The highest BCUT2D eigenvalue weighted by molar-refractivity contribution is 5.79. The average Bonchev–Trinajstić information content (AvgIpc) is 2.74. The summed E-state index contributed by atoms with van der Waals surface area (Å²) in [5, 5.41) is 3.38. The Morgan fingerprint density at radius 1 is 0.966 bits per heavy atom. The van der Waals surface area contributed by atoms with Gasteiger partial charge in [0.25, 0.3) is 0 Å². The lowest BCUT2D eigenvalue weighted by Crippen LogP contribution is -2.38. The maximum absolute atomic E-state index is 5.50. The fourth-order valence-corrected chi connectivity index (χ4v) is 3.01. The Morgan fingerprint density at radius 2 is 1.59 bits per heavy atom. The molecule has 0 saturated heterocycles. The first-order valence-corrected chi connectivity index (χ1v) is 9.48. The smallest absolute Gasteiger partial charge is 0.203 e. The largest absolute Gasteiger partial charge is 0.494 e. The number of nitrogens with zero attached hydrogens (tertiary/aromatic N) is 2. The topological polar surface area (TPSA) is 64.6 Å². The third-order valence-corrected chi connectivity index (χ3v) is 4.40. The van der Waals surface area contributed by atoms with Crippen LogP contribution >= 0.6 is 0 Å². The van der Waals surface area contributed by atoms with Gasteiger partial charge >= 0.3 is 0 Å². The lowest BCUT2D eigenvalue weighted by atomic mass is 10.1. The van der Waals surface area contributed by atoms with Gasteiger partial charge in [0.15, 0.2) is 17.5 Å². The van der Waals surface area contributed by atoms with Crippen LogP contribution in [-0.4, -0.2) is 52.9 Å². The number of benzene rings is 2. The number of hydrogen-bond donors (Lipinski definition) is 1. The van der Waals surface area contributed by atoms with Gasteiger partial charge in [0.2, 0.25) is 5.75 Å². The lowest BCUT2D eigenvalue weighted by Gasteiger charge is -2.23. The van der Waals surface area contributed by atoms with Crippen molar-refractivity contribution in [2.45, 2.75) is 20.0 Å². The molecule has 0 aliphatic rings. The average molecular weight is 402 g/mol. The monoisotopic (exact) mass is 401 g/mol. The van der Waals surface area contributed by atoms with E-state index in [2.05, 4.69) is 27.3 Å². The maximum atomic E-state index is 5.50. The molecule has 0 bridgehead atoms. The Morgan fingerprint density at radius 3 is 2.07 bits per heavy atom.